The lowest BCUT2D eigenvalue weighted by Crippen LogP contribution is -2.32. The van der Waals surface area contributed by atoms with Gasteiger partial charge in [0, 0.05) is 23.4 Å². The summed E-state index contributed by atoms with van der Waals surface area (Å²) in [5.74, 6) is 1.43. The van der Waals surface area contributed by atoms with E-state index in [1.165, 1.54) is 5.56 Å². The molecule has 3 nitrogen and oxygen atoms in total. The zero-order chi connectivity index (χ0) is 13.5. The minimum Gasteiger partial charge on any atom is -0.376 e. The fraction of sp³-hybridized carbons (Fsp3) is 0.500. The maximum Gasteiger partial charge on any atom is 0.230 e. The molecule has 104 valence electrons. The smallest absolute Gasteiger partial charge is 0.230 e. The number of hydrogen-bond donors (Lipinski definition) is 1. The van der Waals surface area contributed by atoms with Crippen molar-refractivity contribution in [3.63, 3.8) is 0 Å². The van der Waals surface area contributed by atoms with E-state index in [0.29, 0.717) is 12.3 Å². The molecule has 0 saturated carbocycles. The summed E-state index contributed by atoms with van der Waals surface area (Å²) >= 11 is 5.14. The molecule has 5 heteroatoms. The van der Waals surface area contributed by atoms with E-state index < -0.39 is 0 Å². The molecule has 0 bridgehead atoms. The van der Waals surface area contributed by atoms with E-state index in [-0.39, 0.29) is 12.0 Å². The Morgan fingerprint density at radius 3 is 3.05 bits per heavy atom. The van der Waals surface area contributed by atoms with Crippen molar-refractivity contribution in [1.29, 1.82) is 0 Å². The van der Waals surface area contributed by atoms with Gasteiger partial charge in [-0.05, 0) is 24.5 Å². The molecule has 1 atom stereocenters. The maximum atomic E-state index is 11.7. The highest BCUT2D eigenvalue weighted by atomic mass is 79.9. The summed E-state index contributed by atoms with van der Waals surface area (Å²) in [6.07, 6.45) is 2.39. The van der Waals surface area contributed by atoms with Crippen molar-refractivity contribution >= 4 is 33.6 Å². The molecule has 1 aromatic carbocycles. The van der Waals surface area contributed by atoms with Gasteiger partial charge in [0.2, 0.25) is 5.91 Å². The van der Waals surface area contributed by atoms with E-state index in [1.54, 1.807) is 11.8 Å². The number of halogens is 1. The van der Waals surface area contributed by atoms with Crippen molar-refractivity contribution in [3.8, 4) is 0 Å². The standard InChI is InChI=1S/C14H18BrNO2S/c15-13-6-2-1-4-11(13)9-19-10-14(17)16-8-12-5-3-7-18-12/h1-2,4,6,12H,3,5,7-10H2,(H,16,17)/t12-/m0/s1. The van der Waals surface area contributed by atoms with Gasteiger partial charge in [-0.25, -0.2) is 0 Å². The van der Waals surface area contributed by atoms with Gasteiger partial charge in [-0.1, -0.05) is 34.1 Å². The average molecular weight is 344 g/mol. The number of amides is 1. The average Bonchev–Trinajstić information content (AvgIpc) is 2.92. The number of carbonyl (C=O) groups is 1. The molecule has 0 radical (unpaired) electrons. The highest BCUT2D eigenvalue weighted by Crippen LogP contribution is 2.21. The monoisotopic (exact) mass is 343 g/mol. The molecule has 0 aromatic heterocycles. The summed E-state index contributed by atoms with van der Waals surface area (Å²) in [5.41, 5.74) is 1.22. The van der Waals surface area contributed by atoms with Crippen LogP contribution in [-0.4, -0.2) is 30.9 Å². The van der Waals surface area contributed by atoms with E-state index in [4.69, 9.17) is 4.74 Å². The minimum atomic E-state index is 0.0903. The highest BCUT2D eigenvalue weighted by Gasteiger charge is 2.15. The van der Waals surface area contributed by atoms with Gasteiger partial charge in [-0.15, -0.1) is 11.8 Å². The largest absolute Gasteiger partial charge is 0.376 e. The normalized spacial score (nSPS) is 18.5. The van der Waals surface area contributed by atoms with Crippen LogP contribution in [0.25, 0.3) is 0 Å². The Hall–Kier alpha value is -0.520. The van der Waals surface area contributed by atoms with Crippen molar-refractivity contribution in [2.24, 2.45) is 0 Å². The predicted molar refractivity (Wildman–Crippen MR) is 82.3 cm³/mol. The molecule has 1 amide bonds. The first kappa shape index (κ1) is 14.9. The maximum absolute atomic E-state index is 11.7. The number of hydrogen-bond acceptors (Lipinski definition) is 3. The summed E-state index contributed by atoms with van der Waals surface area (Å²) in [5, 5.41) is 2.93. The van der Waals surface area contributed by atoms with Gasteiger partial charge in [0.05, 0.1) is 11.9 Å². The lowest BCUT2D eigenvalue weighted by Gasteiger charge is -2.10. The van der Waals surface area contributed by atoms with Gasteiger partial charge in [0.15, 0.2) is 0 Å². The molecule has 1 aliphatic heterocycles. The molecular weight excluding hydrogens is 326 g/mol. The number of carbonyl (C=O) groups excluding carboxylic acids is 1. The van der Waals surface area contributed by atoms with E-state index in [1.807, 2.05) is 18.2 Å². The highest BCUT2D eigenvalue weighted by molar-refractivity contribution is 9.10. The third kappa shape index (κ3) is 5.16. The molecule has 1 heterocycles. The van der Waals surface area contributed by atoms with Crippen LogP contribution in [0.2, 0.25) is 0 Å². The summed E-state index contributed by atoms with van der Waals surface area (Å²) in [6.45, 7) is 1.48. The van der Waals surface area contributed by atoms with Crippen LogP contribution >= 0.6 is 27.7 Å². The van der Waals surface area contributed by atoms with Crippen LogP contribution in [-0.2, 0) is 15.3 Å². The number of benzene rings is 1. The van der Waals surface area contributed by atoms with Crippen molar-refractivity contribution in [2.75, 3.05) is 18.9 Å². The van der Waals surface area contributed by atoms with Crippen LogP contribution < -0.4 is 5.32 Å². The molecule has 1 saturated heterocycles. The Bertz CT molecular complexity index is 422. The second-order valence-corrected chi connectivity index (χ2v) is 6.36. The number of thioether (sulfide) groups is 1. The molecule has 19 heavy (non-hydrogen) atoms. The summed E-state index contributed by atoms with van der Waals surface area (Å²) in [4.78, 5) is 11.7. The van der Waals surface area contributed by atoms with Crippen molar-refractivity contribution in [2.45, 2.75) is 24.7 Å². The molecule has 0 unspecified atom stereocenters. The molecule has 0 spiro atoms. The molecular formula is C14H18BrNO2S. The lowest BCUT2D eigenvalue weighted by atomic mass is 10.2. The summed E-state index contributed by atoms with van der Waals surface area (Å²) in [6, 6.07) is 8.10. The molecule has 0 aliphatic carbocycles. The van der Waals surface area contributed by atoms with Crippen LogP contribution in [0.5, 0.6) is 0 Å². The van der Waals surface area contributed by atoms with Crippen LogP contribution in [0.3, 0.4) is 0 Å². The number of ether oxygens (including phenoxy) is 1. The van der Waals surface area contributed by atoms with Gasteiger partial charge in [0.25, 0.3) is 0 Å². The van der Waals surface area contributed by atoms with Gasteiger partial charge in [-0.3, -0.25) is 4.79 Å². The topological polar surface area (TPSA) is 38.3 Å². The van der Waals surface area contributed by atoms with Crippen LogP contribution in [0, 0.1) is 0 Å². The van der Waals surface area contributed by atoms with E-state index in [2.05, 4.69) is 27.3 Å². The summed E-state index contributed by atoms with van der Waals surface area (Å²) in [7, 11) is 0. The van der Waals surface area contributed by atoms with Crippen LogP contribution in [0.1, 0.15) is 18.4 Å². The zero-order valence-electron chi connectivity index (χ0n) is 10.7. The quantitative estimate of drug-likeness (QED) is 0.862. The van der Waals surface area contributed by atoms with Gasteiger partial charge >= 0.3 is 0 Å². The first-order valence-corrected chi connectivity index (χ1v) is 8.40. The Labute approximate surface area is 126 Å². The third-order valence-electron chi connectivity index (χ3n) is 3.00. The Morgan fingerprint density at radius 1 is 1.47 bits per heavy atom. The van der Waals surface area contributed by atoms with Gasteiger partial charge < -0.3 is 10.1 Å². The van der Waals surface area contributed by atoms with Crippen molar-refractivity contribution < 1.29 is 9.53 Å². The van der Waals surface area contributed by atoms with E-state index >= 15 is 0 Å². The Kier molecular flexibility index (Phi) is 6.20. The molecule has 1 fully saturated rings. The van der Waals surface area contributed by atoms with Crippen molar-refractivity contribution in [1.82, 2.24) is 5.32 Å². The van der Waals surface area contributed by atoms with Crippen LogP contribution in [0.4, 0.5) is 0 Å². The number of nitrogens with one attached hydrogen (secondary N) is 1. The molecule has 1 aromatic rings. The van der Waals surface area contributed by atoms with Gasteiger partial charge in [0.1, 0.15) is 0 Å². The second-order valence-electron chi connectivity index (χ2n) is 4.52. The molecule has 1 N–H and O–H groups in total. The second kappa shape index (κ2) is 7.92. The first-order chi connectivity index (χ1) is 9.25. The SMILES string of the molecule is O=C(CSCc1ccccc1Br)NC[C@@H]1CCCO1. The summed E-state index contributed by atoms with van der Waals surface area (Å²) < 4.78 is 6.56. The fourth-order valence-corrected chi connectivity index (χ4v) is 3.42. The molecule has 2 rings (SSSR count). The van der Waals surface area contributed by atoms with Gasteiger partial charge in [-0.2, -0.15) is 0 Å². The van der Waals surface area contributed by atoms with Crippen LogP contribution in [0.15, 0.2) is 28.7 Å². The first-order valence-electron chi connectivity index (χ1n) is 6.45. The van der Waals surface area contributed by atoms with E-state index in [9.17, 15) is 4.79 Å². The fourth-order valence-electron chi connectivity index (χ4n) is 1.95. The van der Waals surface area contributed by atoms with E-state index in [0.717, 1.165) is 29.7 Å². The zero-order valence-corrected chi connectivity index (χ0v) is 13.1. The molecule has 1 aliphatic rings. The number of rotatable bonds is 6. The lowest BCUT2D eigenvalue weighted by molar-refractivity contribution is -0.119. The Morgan fingerprint density at radius 2 is 2.32 bits per heavy atom. The predicted octanol–water partition coefficient (Wildman–Crippen LogP) is 2.98. The Balaban J connectivity index is 1.62. The third-order valence-corrected chi connectivity index (χ3v) is 4.75. The van der Waals surface area contributed by atoms with Crippen molar-refractivity contribution in [3.05, 3.63) is 34.3 Å². The minimum absolute atomic E-state index is 0.0903.